The van der Waals surface area contributed by atoms with Gasteiger partial charge in [-0.1, -0.05) is 18.2 Å². The Kier molecular flexibility index (Phi) is 4.17. The summed E-state index contributed by atoms with van der Waals surface area (Å²) in [5.41, 5.74) is 10.9. The van der Waals surface area contributed by atoms with E-state index in [1.165, 1.54) is 16.7 Å². The molecule has 0 spiro atoms. The fourth-order valence-corrected chi connectivity index (χ4v) is 2.13. The number of methoxy groups -OCH3 is 1. The van der Waals surface area contributed by atoms with Crippen LogP contribution in [0, 0.1) is 13.8 Å². The minimum absolute atomic E-state index is 0.154. The molecule has 0 amide bonds. The number of nitrogens with two attached hydrogens (primary N) is 1. The molecule has 0 saturated carbocycles. The normalized spacial score (nSPS) is 12.2. The van der Waals surface area contributed by atoms with E-state index in [-0.39, 0.29) is 6.04 Å². The monoisotopic (exact) mass is 256 g/mol. The first kappa shape index (κ1) is 13.6. The van der Waals surface area contributed by atoms with Gasteiger partial charge in [-0.2, -0.15) is 0 Å². The van der Waals surface area contributed by atoms with Crippen LogP contribution in [-0.2, 0) is 6.42 Å². The zero-order chi connectivity index (χ0) is 13.8. The van der Waals surface area contributed by atoms with Crippen LogP contribution in [0.5, 0.6) is 5.75 Å². The Morgan fingerprint density at radius 1 is 1.21 bits per heavy atom. The van der Waals surface area contributed by atoms with Gasteiger partial charge in [0, 0.05) is 6.20 Å². The molecule has 2 N–H and O–H groups in total. The van der Waals surface area contributed by atoms with Crippen LogP contribution in [0.3, 0.4) is 0 Å². The lowest BCUT2D eigenvalue weighted by Crippen LogP contribution is -2.16. The van der Waals surface area contributed by atoms with E-state index in [0.717, 1.165) is 17.9 Å². The number of hydrogen-bond donors (Lipinski definition) is 1. The summed E-state index contributed by atoms with van der Waals surface area (Å²) in [4.78, 5) is 4.34. The predicted molar refractivity (Wildman–Crippen MR) is 77.3 cm³/mol. The maximum absolute atomic E-state index is 6.25. The fourth-order valence-electron chi connectivity index (χ4n) is 2.13. The standard InChI is InChI=1S/C16H20N2O/c1-11-6-7-13(9-12(11)2)10-14(17)16-15(19-3)5-4-8-18-16/h4-9,14H,10,17H2,1-3H3. The summed E-state index contributed by atoms with van der Waals surface area (Å²) < 4.78 is 5.30. The third-order valence-electron chi connectivity index (χ3n) is 3.40. The van der Waals surface area contributed by atoms with E-state index >= 15 is 0 Å². The van der Waals surface area contributed by atoms with E-state index in [4.69, 9.17) is 10.5 Å². The first-order valence-electron chi connectivity index (χ1n) is 6.42. The molecule has 0 aliphatic carbocycles. The van der Waals surface area contributed by atoms with Crippen LogP contribution >= 0.6 is 0 Å². The van der Waals surface area contributed by atoms with E-state index in [1.807, 2.05) is 12.1 Å². The SMILES string of the molecule is COc1cccnc1C(N)Cc1ccc(C)c(C)c1. The topological polar surface area (TPSA) is 48.1 Å². The van der Waals surface area contributed by atoms with E-state index in [0.29, 0.717) is 0 Å². The maximum Gasteiger partial charge on any atom is 0.141 e. The van der Waals surface area contributed by atoms with Gasteiger partial charge in [-0.15, -0.1) is 0 Å². The Labute approximate surface area is 114 Å². The number of ether oxygens (including phenoxy) is 1. The third kappa shape index (κ3) is 3.12. The highest BCUT2D eigenvalue weighted by Gasteiger charge is 2.13. The number of aryl methyl sites for hydroxylation is 2. The van der Waals surface area contributed by atoms with Gasteiger partial charge < -0.3 is 10.5 Å². The Bertz CT molecular complexity index is 566. The molecule has 2 aromatic rings. The molecule has 0 saturated heterocycles. The van der Waals surface area contributed by atoms with E-state index in [1.54, 1.807) is 13.3 Å². The van der Waals surface area contributed by atoms with Crippen molar-refractivity contribution in [3.8, 4) is 5.75 Å². The van der Waals surface area contributed by atoms with Crippen molar-refractivity contribution >= 4 is 0 Å². The van der Waals surface area contributed by atoms with Crippen molar-refractivity contribution in [3.63, 3.8) is 0 Å². The average molecular weight is 256 g/mol. The molecule has 0 bridgehead atoms. The van der Waals surface area contributed by atoms with Crippen LogP contribution in [0.2, 0.25) is 0 Å². The number of nitrogens with zero attached hydrogens (tertiary/aromatic N) is 1. The van der Waals surface area contributed by atoms with E-state index in [2.05, 4.69) is 37.0 Å². The van der Waals surface area contributed by atoms with Crippen molar-refractivity contribution in [3.05, 3.63) is 58.9 Å². The van der Waals surface area contributed by atoms with Gasteiger partial charge in [-0.3, -0.25) is 4.98 Å². The number of benzene rings is 1. The van der Waals surface area contributed by atoms with Crippen LogP contribution in [0.1, 0.15) is 28.4 Å². The number of pyridine rings is 1. The molecule has 2 rings (SSSR count). The highest BCUT2D eigenvalue weighted by atomic mass is 16.5. The lowest BCUT2D eigenvalue weighted by atomic mass is 9.99. The van der Waals surface area contributed by atoms with Crippen molar-refractivity contribution in [2.24, 2.45) is 5.73 Å². The smallest absolute Gasteiger partial charge is 0.141 e. The number of hydrogen-bond acceptors (Lipinski definition) is 3. The molecule has 1 unspecified atom stereocenters. The van der Waals surface area contributed by atoms with Gasteiger partial charge >= 0.3 is 0 Å². The molecule has 1 aromatic heterocycles. The second kappa shape index (κ2) is 5.85. The molecule has 3 heteroatoms. The summed E-state index contributed by atoms with van der Waals surface area (Å²) in [6, 6.07) is 10.0. The van der Waals surface area contributed by atoms with Gasteiger partial charge in [-0.05, 0) is 49.1 Å². The second-order valence-corrected chi connectivity index (χ2v) is 4.82. The molecule has 1 aromatic carbocycles. The van der Waals surface area contributed by atoms with Crippen LogP contribution in [0.25, 0.3) is 0 Å². The summed E-state index contributed by atoms with van der Waals surface area (Å²) in [5.74, 6) is 0.749. The first-order valence-corrected chi connectivity index (χ1v) is 6.42. The lowest BCUT2D eigenvalue weighted by molar-refractivity contribution is 0.401. The predicted octanol–water partition coefficient (Wildman–Crippen LogP) is 2.95. The van der Waals surface area contributed by atoms with Gasteiger partial charge in [0.1, 0.15) is 5.75 Å². The molecule has 1 heterocycles. The van der Waals surface area contributed by atoms with Crippen LogP contribution < -0.4 is 10.5 Å². The molecular weight excluding hydrogens is 236 g/mol. The van der Waals surface area contributed by atoms with Gasteiger partial charge in [0.25, 0.3) is 0 Å². The fraction of sp³-hybridized carbons (Fsp3) is 0.312. The first-order chi connectivity index (χ1) is 9.11. The lowest BCUT2D eigenvalue weighted by Gasteiger charge is -2.15. The van der Waals surface area contributed by atoms with Crippen LogP contribution in [0.15, 0.2) is 36.5 Å². The third-order valence-corrected chi connectivity index (χ3v) is 3.40. The highest BCUT2D eigenvalue weighted by molar-refractivity contribution is 5.33. The molecule has 0 radical (unpaired) electrons. The highest BCUT2D eigenvalue weighted by Crippen LogP contribution is 2.24. The van der Waals surface area contributed by atoms with Crippen LogP contribution in [-0.4, -0.2) is 12.1 Å². The summed E-state index contributed by atoms with van der Waals surface area (Å²) in [7, 11) is 1.64. The van der Waals surface area contributed by atoms with Crippen LogP contribution in [0.4, 0.5) is 0 Å². The summed E-state index contributed by atoms with van der Waals surface area (Å²) in [6.07, 6.45) is 2.51. The summed E-state index contributed by atoms with van der Waals surface area (Å²) >= 11 is 0. The Morgan fingerprint density at radius 2 is 2.00 bits per heavy atom. The minimum Gasteiger partial charge on any atom is -0.495 e. The Balaban J connectivity index is 2.20. The Morgan fingerprint density at radius 3 is 2.68 bits per heavy atom. The molecule has 3 nitrogen and oxygen atoms in total. The van der Waals surface area contributed by atoms with Gasteiger partial charge in [-0.25, -0.2) is 0 Å². The van der Waals surface area contributed by atoms with Gasteiger partial charge in [0.15, 0.2) is 0 Å². The van der Waals surface area contributed by atoms with Crippen molar-refractivity contribution in [2.75, 3.05) is 7.11 Å². The molecule has 19 heavy (non-hydrogen) atoms. The minimum atomic E-state index is -0.154. The summed E-state index contributed by atoms with van der Waals surface area (Å²) in [6.45, 7) is 4.23. The molecule has 100 valence electrons. The van der Waals surface area contributed by atoms with E-state index < -0.39 is 0 Å². The molecule has 0 aliphatic rings. The zero-order valence-electron chi connectivity index (χ0n) is 11.7. The quantitative estimate of drug-likeness (QED) is 0.915. The maximum atomic E-state index is 6.25. The average Bonchev–Trinajstić information content (AvgIpc) is 2.43. The van der Waals surface area contributed by atoms with Crippen molar-refractivity contribution < 1.29 is 4.74 Å². The molecule has 0 fully saturated rings. The number of rotatable bonds is 4. The van der Waals surface area contributed by atoms with E-state index in [9.17, 15) is 0 Å². The van der Waals surface area contributed by atoms with Crippen molar-refractivity contribution in [1.82, 2.24) is 4.98 Å². The molecular formula is C16H20N2O. The second-order valence-electron chi connectivity index (χ2n) is 4.82. The zero-order valence-corrected chi connectivity index (χ0v) is 11.7. The number of aromatic nitrogens is 1. The van der Waals surface area contributed by atoms with Gasteiger partial charge in [0.2, 0.25) is 0 Å². The Hall–Kier alpha value is -1.87. The largest absolute Gasteiger partial charge is 0.495 e. The molecule has 0 aliphatic heterocycles. The van der Waals surface area contributed by atoms with Crippen molar-refractivity contribution in [1.29, 1.82) is 0 Å². The molecule has 1 atom stereocenters. The van der Waals surface area contributed by atoms with Gasteiger partial charge in [0.05, 0.1) is 18.8 Å². The summed E-state index contributed by atoms with van der Waals surface area (Å²) in [5, 5.41) is 0. The van der Waals surface area contributed by atoms with Crippen molar-refractivity contribution in [2.45, 2.75) is 26.3 Å².